The molecule has 0 fully saturated rings. The maximum atomic E-state index is 12.7. The van der Waals surface area contributed by atoms with E-state index in [0.717, 1.165) is 12.1 Å². The molecule has 1 aromatic carbocycles. The molecule has 2 amide bonds. The van der Waals surface area contributed by atoms with E-state index in [0.29, 0.717) is 19.5 Å². The number of urea groups is 1. The zero-order valence-corrected chi connectivity index (χ0v) is 12.5. The summed E-state index contributed by atoms with van der Waals surface area (Å²) in [7, 11) is 0. The molecule has 2 N–H and O–H groups in total. The monoisotopic (exact) mass is 347 g/mol. The summed E-state index contributed by atoms with van der Waals surface area (Å²) in [5.74, 6) is 0. The van der Waals surface area contributed by atoms with Crippen LogP contribution in [-0.2, 0) is 12.7 Å². The molecule has 124 valence electrons. The topological polar surface area (TPSA) is 71.8 Å². The second-order valence-electron chi connectivity index (χ2n) is 4.59. The Balaban J connectivity index is 1.83. The molecule has 0 saturated carbocycles. The highest BCUT2D eigenvalue weighted by Gasteiger charge is 2.33. The lowest BCUT2D eigenvalue weighted by Gasteiger charge is -2.12. The smallest absolute Gasteiger partial charge is 0.338 e. The van der Waals surface area contributed by atoms with Crippen molar-refractivity contribution in [2.24, 2.45) is 0 Å². The summed E-state index contributed by atoms with van der Waals surface area (Å²) in [6, 6.07) is 2.58. The lowest BCUT2D eigenvalue weighted by Crippen LogP contribution is -2.30. The Morgan fingerprint density at radius 1 is 1.35 bits per heavy atom. The van der Waals surface area contributed by atoms with Gasteiger partial charge in [0.05, 0.1) is 16.8 Å². The van der Waals surface area contributed by atoms with Crippen LogP contribution < -0.4 is 10.6 Å². The number of carbonyl (C=O) groups is 1. The van der Waals surface area contributed by atoms with Gasteiger partial charge in [-0.05, 0) is 24.6 Å². The van der Waals surface area contributed by atoms with E-state index >= 15 is 0 Å². The van der Waals surface area contributed by atoms with Gasteiger partial charge >= 0.3 is 12.2 Å². The molecule has 0 unspecified atom stereocenters. The van der Waals surface area contributed by atoms with Crippen LogP contribution in [0.25, 0.3) is 0 Å². The van der Waals surface area contributed by atoms with Gasteiger partial charge in [-0.3, -0.25) is 4.68 Å². The van der Waals surface area contributed by atoms with Crippen molar-refractivity contribution < 1.29 is 18.0 Å². The molecule has 0 aliphatic heterocycles. The van der Waals surface area contributed by atoms with Gasteiger partial charge < -0.3 is 10.6 Å². The zero-order chi connectivity index (χ0) is 16.9. The summed E-state index contributed by atoms with van der Waals surface area (Å²) in [6.07, 6.45) is -0.750. The minimum absolute atomic E-state index is 0.00972. The van der Waals surface area contributed by atoms with Crippen molar-refractivity contribution in [2.75, 3.05) is 11.9 Å². The predicted molar refractivity (Wildman–Crippen MR) is 78.1 cm³/mol. The number of aryl methyl sites for hydroxylation is 1. The minimum Gasteiger partial charge on any atom is -0.338 e. The van der Waals surface area contributed by atoms with E-state index in [1.54, 1.807) is 17.1 Å². The number of carbonyl (C=O) groups excluding carboxylic acids is 1. The first kappa shape index (κ1) is 17.1. The fourth-order valence-corrected chi connectivity index (χ4v) is 2.02. The molecule has 1 heterocycles. The second kappa shape index (κ2) is 7.32. The Kier molecular flexibility index (Phi) is 5.43. The minimum atomic E-state index is -4.58. The molecular weight excluding hydrogens is 335 g/mol. The molecule has 6 nitrogen and oxygen atoms in total. The normalized spacial score (nSPS) is 11.3. The Morgan fingerprint density at radius 3 is 2.78 bits per heavy atom. The number of halogens is 4. The summed E-state index contributed by atoms with van der Waals surface area (Å²) >= 11 is 5.51. The Labute approximate surface area is 134 Å². The number of nitrogens with zero attached hydrogens (tertiary/aromatic N) is 3. The highest BCUT2D eigenvalue weighted by atomic mass is 35.5. The number of aromatic nitrogens is 3. The zero-order valence-electron chi connectivity index (χ0n) is 11.8. The average molecular weight is 348 g/mol. The van der Waals surface area contributed by atoms with E-state index in [9.17, 15) is 18.0 Å². The quantitative estimate of drug-likeness (QED) is 0.816. The van der Waals surface area contributed by atoms with Crippen molar-refractivity contribution in [3.05, 3.63) is 41.2 Å². The van der Waals surface area contributed by atoms with Crippen LogP contribution in [-0.4, -0.2) is 27.6 Å². The van der Waals surface area contributed by atoms with E-state index in [1.165, 1.54) is 6.07 Å². The largest absolute Gasteiger partial charge is 0.417 e. The second-order valence-corrected chi connectivity index (χ2v) is 5.00. The summed E-state index contributed by atoms with van der Waals surface area (Å²) in [4.78, 5) is 11.6. The molecule has 1 aromatic heterocycles. The Bertz CT molecular complexity index is 660. The van der Waals surface area contributed by atoms with Gasteiger partial charge in [-0.1, -0.05) is 16.8 Å². The molecule has 23 heavy (non-hydrogen) atoms. The van der Waals surface area contributed by atoms with Crippen molar-refractivity contribution in [2.45, 2.75) is 19.1 Å². The fourth-order valence-electron chi connectivity index (χ4n) is 1.79. The fraction of sp³-hybridized carbons (Fsp3) is 0.308. The number of hydrogen-bond acceptors (Lipinski definition) is 3. The molecule has 0 atom stereocenters. The summed E-state index contributed by atoms with van der Waals surface area (Å²) in [5, 5.41) is 11.9. The molecule has 0 bridgehead atoms. The first-order valence-electron chi connectivity index (χ1n) is 6.62. The molecule has 0 saturated heterocycles. The van der Waals surface area contributed by atoms with Gasteiger partial charge in [-0.15, -0.1) is 5.10 Å². The van der Waals surface area contributed by atoms with Crippen LogP contribution in [0.1, 0.15) is 12.0 Å². The van der Waals surface area contributed by atoms with Crippen molar-refractivity contribution in [1.82, 2.24) is 20.3 Å². The van der Waals surface area contributed by atoms with Crippen molar-refractivity contribution >= 4 is 23.3 Å². The molecule has 0 aliphatic carbocycles. The number of benzene rings is 1. The van der Waals surface area contributed by atoms with Crippen LogP contribution in [0.15, 0.2) is 30.6 Å². The maximum absolute atomic E-state index is 12.7. The van der Waals surface area contributed by atoms with Gasteiger partial charge in [0, 0.05) is 25.0 Å². The van der Waals surface area contributed by atoms with Gasteiger partial charge in [0.25, 0.3) is 0 Å². The number of nitrogens with one attached hydrogen (secondary N) is 2. The van der Waals surface area contributed by atoms with Crippen LogP contribution >= 0.6 is 11.6 Å². The predicted octanol–water partition coefficient (Wildman–Crippen LogP) is 3.16. The third-order valence-electron chi connectivity index (χ3n) is 2.85. The van der Waals surface area contributed by atoms with Gasteiger partial charge in [0.1, 0.15) is 0 Å². The molecular formula is C13H13ClF3N5O. The van der Waals surface area contributed by atoms with Crippen LogP contribution in [0.4, 0.5) is 23.7 Å². The van der Waals surface area contributed by atoms with E-state index in [-0.39, 0.29) is 5.69 Å². The van der Waals surface area contributed by atoms with Gasteiger partial charge in [-0.25, -0.2) is 4.79 Å². The van der Waals surface area contributed by atoms with Gasteiger partial charge in [-0.2, -0.15) is 13.2 Å². The van der Waals surface area contributed by atoms with E-state index in [4.69, 9.17) is 11.6 Å². The van der Waals surface area contributed by atoms with Gasteiger partial charge in [0.2, 0.25) is 0 Å². The van der Waals surface area contributed by atoms with Crippen LogP contribution in [0.2, 0.25) is 5.02 Å². The average Bonchev–Trinajstić information content (AvgIpc) is 2.98. The molecule has 10 heteroatoms. The molecule has 0 aliphatic rings. The highest BCUT2D eigenvalue weighted by molar-refractivity contribution is 6.31. The SMILES string of the molecule is O=C(NCCCn1ccnn1)Nc1ccc(Cl)c(C(F)(F)F)c1. The number of alkyl halides is 3. The van der Waals surface area contributed by atoms with E-state index < -0.39 is 22.8 Å². The highest BCUT2D eigenvalue weighted by Crippen LogP contribution is 2.36. The van der Waals surface area contributed by atoms with Crippen LogP contribution in [0, 0.1) is 0 Å². The summed E-state index contributed by atoms with van der Waals surface area (Å²) < 4.78 is 39.8. The van der Waals surface area contributed by atoms with Gasteiger partial charge in [0.15, 0.2) is 0 Å². The lowest BCUT2D eigenvalue weighted by molar-refractivity contribution is -0.137. The number of amides is 2. The Hall–Kier alpha value is -2.29. The third-order valence-corrected chi connectivity index (χ3v) is 3.18. The molecule has 0 radical (unpaired) electrons. The first-order chi connectivity index (χ1) is 10.9. The van der Waals surface area contributed by atoms with Crippen LogP contribution in [0.3, 0.4) is 0 Å². The van der Waals surface area contributed by atoms with Crippen molar-refractivity contribution in [3.63, 3.8) is 0 Å². The summed E-state index contributed by atoms with van der Waals surface area (Å²) in [5.41, 5.74) is -0.987. The molecule has 2 aromatic rings. The van der Waals surface area contributed by atoms with E-state index in [1.807, 2.05) is 0 Å². The summed E-state index contributed by atoms with van der Waals surface area (Å²) in [6.45, 7) is 0.908. The van der Waals surface area contributed by atoms with Crippen molar-refractivity contribution in [3.8, 4) is 0 Å². The standard InChI is InChI=1S/C13H13ClF3N5O/c14-11-3-2-9(8-10(11)13(15,16)17)20-12(23)18-4-1-6-22-7-5-19-21-22/h2-3,5,7-8H,1,4,6H2,(H2,18,20,23). The number of anilines is 1. The third kappa shape index (κ3) is 5.13. The Morgan fingerprint density at radius 2 is 2.13 bits per heavy atom. The lowest BCUT2D eigenvalue weighted by atomic mass is 10.2. The van der Waals surface area contributed by atoms with Crippen molar-refractivity contribution in [1.29, 1.82) is 0 Å². The molecule has 2 rings (SSSR count). The molecule has 0 spiro atoms. The number of hydrogen-bond donors (Lipinski definition) is 2. The maximum Gasteiger partial charge on any atom is 0.417 e. The first-order valence-corrected chi connectivity index (χ1v) is 7.00. The number of rotatable bonds is 5. The van der Waals surface area contributed by atoms with Crippen LogP contribution in [0.5, 0.6) is 0 Å². The van der Waals surface area contributed by atoms with E-state index in [2.05, 4.69) is 20.9 Å².